The zero-order chi connectivity index (χ0) is 24.8. The molecule has 0 radical (unpaired) electrons. The Kier molecular flexibility index (Phi) is 8.65. The third-order valence-electron chi connectivity index (χ3n) is 5.01. The number of thiophene rings is 1. The first-order valence-electron chi connectivity index (χ1n) is 10.4. The summed E-state index contributed by atoms with van der Waals surface area (Å²) in [6, 6.07) is 11.5. The highest BCUT2D eigenvalue weighted by Gasteiger charge is 2.38. The van der Waals surface area contributed by atoms with Gasteiger partial charge in [-0.1, -0.05) is 32.0 Å². The van der Waals surface area contributed by atoms with Gasteiger partial charge in [-0.05, 0) is 51.6 Å². The fraction of sp³-hybridized carbons (Fsp3) is 0.280. The van der Waals surface area contributed by atoms with Gasteiger partial charge in [0, 0.05) is 5.56 Å². The third-order valence-corrected chi connectivity index (χ3v) is 7.21. The maximum atomic E-state index is 13.6. The summed E-state index contributed by atoms with van der Waals surface area (Å²) >= 11 is 1.52. The van der Waals surface area contributed by atoms with Crippen molar-refractivity contribution in [1.29, 1.82) is 0 Å². The Hall–Kier alpha value is -2.95. The molecule has 0 saturated heterocycles. The van der Waals surface area contributed by atoms with Crippen molar-refractivity contribution in [1.82, 2.24) is 4.98 Å². The number of aromatic nitrogens is 1. The predicted molar refractivity (Wildman–Crippen MR) is 131 cm³/mol. The van der Waals surface area contributed by atoms with E-state index in [0.29, 0.717) is 22.5 Å². The SMILES string of the molecule is C#CC(C(O)CC(=O)Oc1c(-c2ccc(F)cc2)cc(-c2cccs2)nc1C(C)C)[P+](=O)OC. The van der Waals surface area contributed by atoms with Crippen molar-refractivity contribution >= 4 is 25.3 Å². The number of aliphatic hydroxyl groups is 1. The van der Waals surface area contributed by atoms with Gasteiger partial charge in [0.25, 0.3) is 5.66 Å². The quantitative estimate of drug-likeness (QED) is 0.228. The number of halogens is 1. The van der Waals surface area contributed by atoms with Crippen LogP contribution < -0.4 is 4.74 Å². The molecular formula is C25H24FNO5PS+. The van der Waals surface area contributed by atoms with Crippen molar-refractivity contribution in [2.75, 3.05) is 7.11 Å². The lowest BCUT2D eigenvalue weighted by Gasteiger charge is -2.19. The second-order valence-corrected chi connectivity index (χ2v) is 10.2. The van der Waals surface area contributed by atoms with Gasteiger partial charge in [-0.25, -0.2) is 9.37 Å². The predicted octanol–water partition coefficient (Wildman–Crippen LogP) is 5.79. The van der Waals surface area contributed by atoms with Crippen LogP contribution in [0.25, 0.3) is 21.7 Å². The van der Waals surface area contributed by atoms with Crippen molar-refractivity contribution in [2.45, 2.75) is 37.9 Å². The van der Waals surface area contributed by atoms with Gasteiger partial charge in [0.1, 0.15) is 11.9 Å². The molecule has 3 aromatic rings. The van der Waals surface area contributed by atoms with Crippen LogP contribution in [0.15, 0.2) is 47.8 Å². The number of esters is 1. The molecule has 0 saturated carbocycles. The summed E-state index contributed by atoms with van der Waals surface area (Å²) in [6.45, 7) is 3.83. The number of terminal acetylenes is 1. The van der Waals surface area contributed by atoms with Crippen molar-refractivity contribution in [3.8, 4) is 39.8 Å². The summed E-state index contributed by atoms with van der Waals surface area (Å²) in [5.41, 5.74) is 1.26. The van der Waals surface area contributed by atoms with E-state index in [1.807, 2.05) is 31.4 Å². The number of benzene rings is 1. The lowest BCUT2D eigenvalue weighted by Crippen LogP contribution is -2.27. The van der Waals surface area contributed by atoms with Crippen LogP contribution in [-0.4, -0.2) is 34.9 Å². The molecule has 0 aliphatic rings. The van der Waals surface area contributed by atoms with Crippen LogP contribution in [0.1, 0.15) is 31.9 Å². The molecule has 3 unspecified atom stereocenters. The number of hydrogen-bond acceptors (Lipinski definition) is 7. The lowest BCUT2D eigenvalue weighted by atomic mass is 9.98. The minimum Gasteiger partial charge on any atom is -0.424 e. The molecule has 34 heavy (non-hydrogen) atoms. The summed E-state index contributed by atoms with van der Waals surface area (Å²) in [7, 11) is -1.14. The van der Waals surface area contributed by atoms with Crippen molar-refractivity contribution in [2.24, 2.45) is 0 Å². The molecule has 3 atom stereocenters. The van der Waals surface area contributed by atoms with E-state index in [1.165, 1.54) is 30.6 Å². The molecular weight excluding hydrogens is 476 g/mol. The minimum absolute atomic E-state index is 0.117. The molecule has 3 rings (SSSR count). The smallest absolute Gasteiger partial charge is 0.424 e. The molecule has 1 N–H and O–H groups in total. The van der Waals surface area contributed by atoms with Crippen LogP contribution in [0.4, 0.5) is 4.39 Å². The van der Waals surface area contributed by atoms with E-state index in [0.717, 1.165) is 4.88 Å². The van der Waals surface area contributed by atoms with Crippen LogP contribution in [0.2, 0.25) is 0 Å². The van der Waals surface area contributed by atoms with Crippen LogP contribution >= 0.6 is 19.4 Å². The molecule has 2 aromatic heterocycles. The second kappa shape index (κ2) is 11.5. The molecule has 9 heteroatoms. The Morgan fingerprint density at radius 2 is 2.00 bits per heavy atom. The Morgan fingerprint density at radius 1 is 1.29 bits per heavy atom. The van der Waals surface area contributed by atoms with E-state index >= 15 is 0 Å². The summed E-state index contributed by atoms with van der Waals surface area (Å²) in [4.78, 5) is 18.5. The highest BCUT2D eigenvalue weighted by atomic mass is 32.1. The van der Waals surface area contributed by atoms with Gasteiger partial charge in [0.15, 0.2) is 5.75 Å². The van der Waals surface area contributed by atoms with E-state index in [9.17, 15) is 18.9 Å². The van der Waals surface area contributed by atoms with Gasteiger partial charge in [-0.3, -0.25) is 4.79 Å². The van der Waals surface area contributed by atoms with Crippen LogP contribution in [0, 0.1) is 18.2 Å². The molecule has 0 aliphatic carbocycles. The minimum atomic E-state index is -2.35. The van der Waals surface area contributed by atoms with Gasteiger partial charge >= 0.3 is 14.0 Å². The molecule has 1 aromatic carbocycles. The van der Waals surface area contributed by atoms with E-state index in [4.69, 9.17) is 20.7 Å². The van der Waals surface area contributed by atoms with Gasteiger partial charge in [-0.2, -0.15) is 0 Å². The van der Waals surface area contributed by atoms with Crippen molar-refractivity contribution in [3.63, 3.8) is 0 Å². The van der Waals surface area contributed by atoms with E-state index in [-0.39, 0.29) is 11.7 Å². The summed E-state index contributed by atoms with van der Waals surface area (Å²) in [5.74, 6) is 1.13. The number of nitrogens with zero attached hydrogens (tertiary/aromatic N) is 1. The zero-order valence-corrected chi connectivity index (χ0v) is 20.6. The standard InChI is InChI=1S/C25H24FNO5PS/c1-5-21(33(30)31-4)20(28)14-23(29)32-25-18(16-8-10-17(26)11-9-16)13-19(22-7-6-12-34-22)27-24(25)15(2)3/h1,6-13,15,20-21,28H,14H2,2-4H3/q+1. The normalized spacial score (nSPS) is 13.3. The van der Waals surface area contributed by atoms with Gasteiger partial charge in [0.2, 0.25) is 0 Å². The monoisotopic (exact) mass is 500 g/mol. The Labute approximate surface area is 202 Å². The molecule has 2 heterocycles. The van der Waals surface area contributed by atoms with Crippen LogP contribution in [-0.2, 0) is 13.9 Å². The molecule has 6 nitrogen and oxygen atoms in total. The molecule has 0 bridgehead atoms. The zero-order valence-electron chi connectivity index (χ0n) is 18.9. The number of hydrogen-bond donors (Lipinski definition) is 1. The maximum absolute atomic E-state index is 13.6. The molecule has 0 fully saturated rings. The fourth-order valence-corrected chi connectivity index (χ4v) is 4.73. The topological polar surface area (TPSA) is 85.7 Å². The largest absolute Gasteiger partial charge is 0.526 e. The highest BCUT2D eigenvalue weighted by Crippen LogP contribution is 2.40. The summed E-state index contributed by atoms with van der Waals surface area (Å²) in [5, 5.41) is 12.3. The number of carbonyl (C=O) groups is 1. The van der Waals surface area contributed by atoms with Crippen LogP contribution in [0.5, 0.6) is 5.75 Å². The number of carbonyl (C=O) groups excluding carboxylic acids is 1. The van der Waals surface area contributed by atoms with Crippen molar-refractivity contribution in [3.05, 3.63) is 59.4 Å². The highest BCUT2D eigenvalue weighted by molar-refractivity contribution is 7.40. The van der Waals surface area contributed by atoms with E-state index < -0.39 is 38.0 Å². The first-order valence-corrected chi connectivity index (χ1v) is 12.6. The molecule has 176 valence electrons. The summed E-state index contributed by atoms with van der Waals surface area (Å²) < 4.78 is 36.0. The molecule has 0 spiro atoms. The third kappa shape index (κ3) is 5.94. The van der Waals surface area contributed by atoms with Gasteiger partial charge < -0.3 is 9.84 Å². The average molecular weight is 501 g/mol. The maximum Gasteiger partial charge on any atom is 0.526 e. The first-order chi connectivity index (χ1) is 16.2. The van der Waals surface area contributed by atoms with E-state index in [1.54, 1.807) is 18.2 Å². The van der Waals surface area contributed by atoms with Gasteiger partial charge in [0.05, 0.1) is 29.8 Å². The Balaban J connectivity index is 2.04. The van der Waals surface area contributed by atoms with Crippen LogP contribution in [0.3, 0.4) is 0 Å². The summed E-state index contributed by atoms with van der Waals surface area (Å²) in [6.07, 6.45) is 3.44. The number of ether oxygens (including phenoxy) is 1. The lowest BCUT2D eigenvalue weighted by molar-refractivity contribution is -0.136. The second-order valence-electron chi connectivity index (χ2n) is 7.73. The molecule has 0 aliphatic heterocycles. The first kappa shape index (κ1) is 25.7. The Morgan fingerprint density at radius 3 is 2.56 bits per heavy atom. The van der Waals surface area contributed by atoms with Gasteiger partial charge in [-0.15, -0.1) is 22.3 Å². The van der Waals surface area contributed by atoms with Crippen molar-refractivity contribution < 1.29 is 28.1 Å². The average Bonchev–Trinajstić information content (AvgIpc) is 3.35. The molecule has 0 amide bonds. The number of pyridine rings is 1. The van der Waals surface area contributed by atoms with E-state index in [2.05, 4.69) is 5.92 Å². The fourth-order valence-electron chi connectivity index (χ4n) is 3.31. The Bertz CT molecular complexity index is 1210. The number of rotatable bonds is 9. The number of aliphatic hydroxyl groups excluding tert-OH is 1.